The SMILES string of the molecule is CCOc1cccc(Cl)c1[C@H]1C[C@H](Cl)C(=O)N1Cc1ccc(OC(F)(F)F)cc1. The van der Waals surface area contributed by atoms with Gasteiger partial charge in [-0.3, -0.25) is 4.79 Å². The molecule has 0 aromatic heterocycles. The minimum Gasteiger partial charge on any atom is -0.493 e. The number of alkyl halides is 4. The summed E-state index contributed by atoms with van der Waals surface area (Å²) in [4.78, 5) is 14.2. The summed E-state index contributed by atoms with van der Waals surface area (Å²) in [5.74, 6) is -0.0253. The molecule has 2 atom stereocenters. The lowest BCUT2D eigenvalue weighted by Crippen LogP contribution is -2.29. The van der Waals surface area contributed by atoms with Crippen molar-refractivity contribution in [2.24, 2.45) is 0 Å². The number of halogens is 5. The van der Waals surface area contributed by atoms with Gasteiger partial charge >= 0.3 is 6.36 Å². The van der Waals surface area contributed by atoms with E-state index in [4.69, 9.17) is 27.9 Å². The zero-order valence-electron chi connectivity index (χ0n) is 15.4. The van der Waals surface area contributed by atoms with Gasteiger partial charge < -0.3 is 14.4 Å². The largest absolute Gasteiger partial charge is 0.573 e. The van der Waals surface area contributed by atoms with Gasteiger partial charge in [0.15, 0.2) is 0 Å². The third-order valence-corrected chi connectivity index (χ3v) is 5.21. The topological polar surface area (TPSA) is 38.8 Å². The van der Waals surface area contributed by atoms with Crippen LogP contribution in [0.1, 0.15) is 30.5 Å². The first-order chi connectivity index (χ1) is 13.7. The molecular formula is C20H18Cl2F3NO3. The van der Waals surface area contributed by atoms with Gasteiger partial charge in [0.05, 0.1) is 12.6 Å². The average molecular weight is 448 g/mol. The number of benzene rings is 2. The van der Waals surface area contributed by atoms with Crippen molar-refractivity contribution in [1.82, 2.24) is 4.90 Å². The summed E-state index contributed by atoms with van der Waals surface area (Å²) in [6.45, 7) is 2.44. The van der Waals surface area contributed by atoms with E-state index in [1.807, 2.05) is 6.92 Å². The predicted molar refractivity (Wildman–Crippen MR) is 103 cm³/mol. The summed E-state index contributed by atoms with van der Waals surface area (Å²) in [5.41, 5.74) is 1.30. The van der Waals surface area contributed by atoms with Crippen LogP contribution in [0, 0.1) is 0 Å². The van der Waals surface area contributed by atoms with Gasteiger partial charge in [-0.05, 0) is 43.2 Å². The Morgan fingerprint density at radius 2 is 1.86 bits per heavy atom. The fraction of sp³-hybridized carbons (Fsp3) is 0.350. The Balaban J connectivity index is 1.87. The van der Waals surface area contributed by atoms with Crippen LogP contribution in [0.4, 0.5) is 13.2 Å². The lowest BCUT2D eigenvalue weighted by atomic mass is 10.0. The quantitative estimate of drug-likeness (QED) is 0.531. The summed E-state index contributed by atoms with van der Waals surface area (Å²) >= 11 is 12.6. The second-order valence-electron chi connectivity index (χ2n) is 6.46. The molecule has 0 aliphatic carbocycles. The van der Waals surface area contributed by atoms with Crippen LogP contribution in [-0.2, 0) is 11.3 Å². The molecule has 1 aliphatic rings. The van der Waals surface area contributed by atoms with E-state index in [9.17, 15) is 18.0 Å². The van der Waals surface area contributed by atoms with Gasteiger partial charge in [-0.25, -0.2) is 0 Å². The molecule has 0 radical (unpaired) electrons. The van der Waals surface area contributed by atoms with Gasteiger partial charge in [0.1, 0.15) is 16.9 Å². The molecule has 1 amide bonds. The Bertz CT molecular complexity index is 874. The van der Waals surface area contributed by atoms with Crippen molar-refractivity contribution in [1.29, 1.82) is 0 Å². The van der Waals surface area contributed by atoms with E-state index in [0.29, 0.717) is 34.9 Å². The molecule has 4 nitrogen and oxygen atoms in total. The number of ether oxygens (including phenoxy) is 2. The Morgan fingerprint density at radius 1 is 1.17 bits per heavy atom. The molecule has 0 bridgehead atoms. The summed E-state index contributed by atoms with van der Waals surface area (Å²) in [6.07, 6.45) is -4.41. The number of likely N-dealkylation sites (tertiary alicyclic amines) is 1. The van der Waals surface area contributed by atoms with Crippen molar-refractivity contribution in [3.05, 3.63) is 58.6 Å². The molecule has 0 N–H and O–H groups in total. The molecule has 2 aromatic rings. The molecule has 9 heteroatoms. The first kappa shape index (κ1) is 21.6. The van der Waals surface area contributed by atoms with Crippen LogP contribution in [0.15, 0.2) is 42.5 Å². The average Bonchev–Trinajstić information content (AvgIpc) is 2.91. The summed E-state index contributed by atoms with van der Waals surface area (Å²) < 4.78 is 46.5. The lowest BCUT2D eigenvalue weighted by molar-refractivity contribution is -0.274. The smallest absolute Gasteiger partial charge is 0.493 e. The van der Waals surface area contributed by atoms with Crippen LogP contribution in [0.5, 0.6) is 11.5 Å². The highest BCUT2D eigenvalue weighted by Crippen LogP contribution is 2.43. The molecular weight excluding hydrogens is 430 g/mol. The number of hydrogen-bond acceptors (Lipinski definition) is 3. The standard InChI is InChI=1S/C20H18Cl2F3NO3/c1-2-28-17-5-3-4-14(21)18(17)16-10-15(22)19(27)26(16)11-12-6-8-13(9-7-12)29-20(23,24)25/h3-9,15-16H,2,10-11H2,1H3/t15-,16+/m0/s1. The van der Waals surface area contributed by atoms with Crippen LogP contribution >= 0.6 is 23.2 Å². The maximum atomic E-state index is 12.7. The van der Waals surface area contributed by atoms with Gasteiger partial charge in [-0.2, -0.15) is 0 Å². The minimum atomic E-state index is -4.76. The molecule has 156 valence electrons. The predicted octanol–water partition coefficient (Wildman–Crippen LogP) is 5.72. The maximum absolute atomic E-state index is 12.7. The molecule has 0 unspecified atom stereocenters. The molecule has 0 saturated carbocycles. The van der Waals surface area contributed by atoms with E-state index < -0.39 is 17.8 Å². The third kappa shape index (κ3) is 5.08. The number of nitrogens with zero attached hydrogens (tertiary/aromatic N) is 1. The molecule has 1 aliphatic heterocycles. The van der Waals surface area contributed by atoms with Crippen LogP contribution in [0.3, 0.4) is 0 Å². The number of rotatable bonds is 6. The monoisotopic (exact) mass is 447 g/mol. The Kier molecular flexibility index (Phi) is 6.49. The number of amides is 1. The number of hydrogen-bond donors (Lipinski definition) is 0. The normalized spacial score (nSPS) is 19.5. The minimum absolute atomic E-state index is 0.163. The van der Waals surface area contributed by atoms with Crippen LogP contribution in [0.25, 0.3) is 0 Å². The van der Waals surface area contributed by atoms with Crippen molar-refractivity contribution >= 4 is 29.1 Å². The summed E-state index contributed by atoms with van der Waals surface area (Å²) in [7, 11) is 0. The zero-order valence-corrected chi connectivity index (χ0v) is 16.9. The Labute approximate surface area is 176 Å². The highest BCUT2D eigenvalue weighted by molar-refractivity contribution is 6.32. The molecule has 1 saturated heterocycles. The Hall–Kier alpha value is -2.12. The number of carbonyl (C=O) groups excluding carboxylic acids is 1. The lowest BCUT2D eigenvalue weighted by Gasteiger charge is -2.27. The van der Waals surface area contributed by atoms with Crippen LogP contribution in [0.2, 0.25) is 5.02 Å². The summed E-state index contributed by atoms with van der Waals surface area (Å²) in [5, 5.41) is -0.267. The van der Waals surface area contributed by atoms with Gasteiger partial charge in [0.25, 0.3) is 0 Å². The first-order valence-corrected chi connectivity index (χ1v) is 9.71. The van der Waals surface area contributed by atoms with Gasteiger partial charge in [0.2, 0.25) is 5.91 Å². The highest BCUT2D eigenvalue weighted by Gasteiger charge is 2.41. The van der Waals surface area contributed by atoms with E-state index in [0.717, 1.165) is 0 Å². The second-order valence-corrected chi connectivity index (χ2v) is 7.40. The molecule has 1 fully saturated rings. The highest BCUT2D eigenvalue weighted by atomic mass is 35.5. The van der Waals surface area contributed by atoms with Gasteiger partial charge in [0, 0.05) is 17.1 Å². The Morgan fingerprint density at radius 3 is 2.48 bits per heavy atom. The fourth-order valence-electron chi connectivity index (χ4n) is 3.33. The number of carbonyl (C=O) groups is 1. The maximum Gasteiger partial charge on any atom is 0.573 e. The van der Waals surface area contributed by atoms with Crippen molar-refractivity contribution < 1.29 is 27.4 Å². The van der Waals surface area contributed by atoms with E-state index >= 15 is 0 Å². The molecule has 2 aromatic carbocycles. The third-order valence-electron chi connectivity index (χ3n) is 4.51. The second kappa shape index (κ2) is 8.71. The molecule has 29 heavy (non-hydrogen) atoms. The zero-order chi connectivity index (χ0) is 21.2. The van der Waals surface area contributed by atoms with Crippen molar-refractivity contribution in [2.45, 2.75) is 37.7 Å². The van der Waals surface area contributed by atoms with Gasteiger partial charge in [-0.15, -0.1) is 24.8 Å². The fourth-order valence-corrected chi connectivity index (χ4v) is 3.92. The molecule has 3 rings (SSSR count). The summed E-state index contributed by atoms with van der Waals surface area (Å²) in [6, 6.07) is 10.2. The van der Waals surface area contributed by atoms with Crippen molar-refractivity contribution in [3.8, 4) is 11.5 Å². The van der Waals surface area contributed by atoms with E-state index in [1.165, 1.54) is 24.3 Å². The van der Waals surface area contributed by atoms with E-state index in [1.54, 1.807) is 23.1 Å². The van der Waals surface area contributed by atoms with Crippen LogP contribution in [-0.4, -0.2) is 29.2 Å². The van der Waals surface area contributed by atoms with Gasteiger partial charge in [-0.1, -0.05) is 29.8 Å². The first-order valence-electron chi connectivity index (χ1n) is 8.90. The molecule has 1 heterocycles. The van der Waals surface area contributed by atoms with Crippen molar-refractivity contribution in [3.63, 3.8) is 0 Å². The van der Waals surface area contributed by atoms with E-state index in [-0.39, 0.29) is 18.2 Å². The van der Waals surface area contributed by atoms with Crippen LogP contribution < -0.4 is 9.47 Å². The van der Waals surface area contributed by atoms with E-state index in [2.05, 4.69) is 4.74 Å². The van der Waals surface area contributed by atoms with Crippen molar-refractivity contribution in [2.75, 3.05) is 6.61 Å². The molecule has 0 spiro atoms.